The molecule has 0 radical (unpaired) electrons. The summed E-state index contributed by atoms with van der Waals surface area (Å²) in [6, 6.07) is 8.24. The summed E-state index contributed by atoms with van der Waals surface area (Å²) in [5, 5.41) is 3.38. The molecule has 0 amide bonds. The molecule has 0 saturated heterocycles. The molecule has 0 bridgehead atoms. The average Bonchev–Trinajstić information content (AvgIpc) is 2.79. The number of aromatic nitrogens is 2. The van der Waals surface area contributed by atoms with Crippen molar-refractivity contribution in [1.29, 1.82) is 0 Å². The second-order valence-corrected chi connectivity index (χ2v) is 3.84. The van der Waals surface area contributed by atoms with Gasteiger partial charge in [0.05, 0.1) is 29.9 Å². The molecule has 0 aliphatic carbocycles. The molecule has 1 aromatic carbocycles. The molecule has 0 atom stereocenters. The van der Waals surface area contributed by atoms with E-state index in [2.05, 4.69) is 32.3 Å². The molecule has 0 aliphatic rings. The van der Waals surface area contributed by atoms with Crippen molar-refractivity contribution >= 4 is 11.4 Å². The molecule has 0 fully saturated rings. The third-order valence-corrected chi connectivity index (χ3v) is 2.41. The number of anilines is 2. The lowest BCUT2D eigenvalue weighted by atomic mass is 10.2. The van der Waals surface area contributed by atoms with E-state index >= 15 is 0 Å². The minimum absolute atomic E-state index is 0.755. The number of hydrogen-bond donors (Lipinski definition) is 2. The van der Waals surface area contributed by atoms with Crippen molar-refractivity contribution in [3.8, 4) is 0 Å². The van der Waals surface area contributed by atoms with Crippen molar-refractivity contribution in [2.24, 2.45) is 0 Å². The molecule has 0 aliphatic heterocycles. The number of nitrogens with one attached hydrogen (secondary N) is 2. The molecule has 0 saturated carbocycles. The Bertz CT molecular complexity index is 434. The first kappa shape index (κ1) is 10.5. The van der Waals surface area contributed by atoms with E-state index in [1.54, 1.807) is 6.33 Å². The van der Waals surface area contributed by atoms with Gasteiger partial charge in [0.15, 0.2) is 0 Å². The third kappa shape index (κ3) is 2.34. The smallest absolute Gasteiger partial charge is 0.0922 e. The van der Waals surface area contributed by atoms with E-state index < -0.39 is 0 Å². The summed E-state index contributed by atoms with van der Waals surface area (Å²) in [5.41, 5.74) is 3.39. The number of rotatable bonds is 4. The maximum Gasteiger partial charge on any atom is 0.0922 e. The van der Waals surface area contributed by atoms with Crippen LogP contribution in [0.1, 0.15) is 5.69 Å². The molecule has 4 nitrogen and oxygen atoms in total. The molecule has 4 heteroatoms. The minimum atomic E-state index is 0.755. The van der Waals surface area contributed by atoms with Gasteiger partial charge in [0.1, 0.15) is 0 Å². The molecule has 1 aromatic heterocycles. The number of para-hydroxylation sites is 2. The van der Waals surface area contributed by atoms with E-state index in [-0.39, 0.29) is 0 Å². The zero-order valence-electron chi connectivity index (χ0n) is 9.57. The molecular weight excluding hydrogens is 200 g/mol. The Kier molecular flexibility index (Phi) is 3.10. The summed E-state index contributed by atoms with van der Waals surface area (Å²) in [7, 11) is 4.08. The quantitative estimate of drug-likeness (QED) is 0.822. The van der Waals surface area contributed by atoms with Crippen molar-refractivity contribution in [3.63, 3.8) is 0 Å². The van der Waals surface area contributed by atoms with Gasteiger partial charge in [-0.25, -0.2) is 4.98 Å². The molecule has 2 aromatic rings. The van der Waals surface area contributed by atoms with E-state index in [0.29, 0.717) is 0 Å². The Morgan fingerprint density at radius 3 is 2.81 bits per heavy atom. The Balaban J connectivity index is 2.09. The lowest BCUT2D eigenvalue weighted by Crippen LogP contribution is -2.12. The van der Waals surface area contributed by atoms with Crippen molar-refractivity contribution in [2.75, 3.05) is 24.3 Å². The van der Waals surface area contributed by atoms with Gasteiger partial charge in [0.2, 0.25) is 0 Å². The summed E-state index contributed by atoms with van der Waals surface area (Å²) in [6.45, 7) is 0.755. The Morgan fingerprint density at radius 2 is 2.12 bits per heavy atom. The van der Waals surface area contributed by atoms with Crippen LogP contribution in [-0.2, 0) is 6.54 Å². The van der Waals surface area contributed by atoms with E-state index in [1.165, 1.54) is 5.69 Å². The summed E-state index contributed by atoms with van der Waals surface area (Å²) in [4.78, 5) is 9.15. The molecule has 0 spiro atoms. The van der Waals surface area contributed by atoms with E-state index in [9.17, 15) is 0 Å². The van der Waals surface area contributed by atoms with Crippen LogP contribution in [0.2, 0.25) is 0 Å². The average molecular weight is 216 g/mol. The second kappa shape index (κ2) is 4.70. The highest BCUT2D eigenvalue weighted by molar-refractivity contribution is 5.69. The topological polar surface area (TPSA) is 44.0 Å². The first-order valence-corrected chi connectivity index (χ1v) is 5.25. The lowest BCUT2D eigenvalue weighted by Gasteiger charge is -2.17. The van der Waals surface area contributed by atoms with Gasteiger partial charge in [-0.2, -0.15) is 0 Å². The highest BCUT2D eigenvalue weighted by Crippen LogP contribution is 2.23. The number of benzene rings is 1. The summed E-state index contributed by atoms with van der Waals surface area (Å²) in [5.74, 6) is 0. The maximum atomic E-state index is 3.99. The van der Waals surface area contributed by atoms with Crippen molar-refractivity contribution in [3.05, 3.63) is 42.5 Å². The van der Waals surface area contributed by atoms with Gasteiger partial charge < -0.3 is 15.2 Å². The molecule has 2 rings (SSSR count). The molecule has 84 valence electrons. The Labute approximate surface area is 95.3 Å². The van der Waals surface area contributed by atoms with Gasteiger partial charge in [0, 0.05) is 20.3 Å². The first-order valence-electron chi connectivity index (χ1n) is 5.25. The predicted octanol–water partition coefficient (Wildman–Crippen LogP) is 2.09. The van der Waals surface area contributed by atoms with Gasteiger partial charge in [0.25, 0.3) is 0 Å². The lowest BCUT2D eigenvalue weighted by molar-refractivity contribution is 1.06. The van der Waals surface area contributed by atoms with Crippen LogP contribution < -0.4 is 10.2 Å². The second-order valence-electron chi connectivity index (χ2n) is 3.84. The van der Waals surface area contributed by atoms with Gasteiger partial charge >= 0.3 is 0 Å². The van der Waals surface area contributed by atoms with E-state index in [4.69, 9.17) is 0 Å². The Morgan fingerprint density at radius 1 is 1.31 bits per heavy atom. The standard InChI is InChI=1S/C12H16N4/c1-16(2)12-6-4-3-5-11(12)14-8-10-7-13-9-15-10/h3-7,9,14H,8H2,1-2H3,(H,13,15). The van der Waals surface area contributed by atoms with Gasteiger partial charge in [-0.05, 0) is 12.1 Å². The van der Waals surface area contributed by atoms with Crippen LogP contribution in [0, 0.1) is 0 Å². The van der Waals surface area contributed by atoms with Crippen LogP contribution >= 0.6 is 0 Å². The molecule has 16 heavy (non-hydrogen) atoms. The van der Waals surface area contributed by atoms with Crippen LogP contribution in [0.3, 0.4) is 0 Å². The zero-order valence-corrected chi connectivity index (χ0v) is 9.57. The van der Waals surface area contributed by atoms with Crippen LogP contribution in [-0.4, -0.2) is 24.1 Å². The summed E-state index contributed by atoms with van der Waals surface area (Å²) >= 11 is 0. The number of hydrogen-bond acceptors (Lipinski definition) is 3. The fraction of sp³-hybridized carbons (Fsp3) is 0.250. The molecule has 0 unspecified atom stereocenters. The summed E-state index contributed by atoms with van der Waals surface area (Å²) < 4.78 is 0. The van der Waals surface area contributed by atoms with Crippen LogP contribution in [0.4, 0.5) is 11.4 Å². The van der Waals surface area contributed by atoms with Gasteiger partial charge in [-0.15, -0.1) is 0 Å². The normalized spacial score (nSPS) is 10.1. The predicted molar refractivity (Wildman–Crippen MR) is 66.7 cm³/mol. The Hall–Kier alpha value is -1.97. The number of H-pyrrole nitrogens is 1. The number of imidazole rings is 1. The molecule has 2 N–H and O–H groups in total. The zero-order chi connectivity index (χ0) is 11.4. The van der Waals surface area contributed by atoms with Crippen molar-refractivity contribution in [1.82, 2.24) is 9.97 Å². The highest BCUT2D eigenvalue weighted by Gasteiger charge is 2.02. The molecular formula is C12H16N4. The van der Waals surface area contributed by atoms with Gasteiger partial charge in [-0.1, -0.05) is 12.1 Å². The number of nitrogens with zero attached hydrogens (tertiary/aromatic N) is 2. The van der Waals surface area contributed by atoms with Crippen LogP contribution in [0.15, 0.2) is 36.8 Å². The van der Waals surface area contributed by atoms with Crippen LogP contribution in [0.25, 0.3) is 0 Å². The summed E-state index contributed by atoms with van der Waals surface area (Å²) in [6.07, 6.45) is 3.51. The minimum Gasteiger partial charge on any atom is -0.378 e. The largest absolute Gasteiger partial charge is 0.378 e. The fourth-order valence-electron chi connectivity index (χ4n) is 1.58. The third-order valence-electron chi connectivity index (χ3n) is 2.41. The monoisotopic (exact) mass is 216 g/mol. The van der Waals surface area contributed by atoms with Crippen molar-refractivity contribution < 1.29 is 0 Å². The van der Waals surface area contributed by atoms with Gasteiger partial charge in [-0.3, -0.25) is 0 Å². The first-order chi connectivity index (χ1) is 7.77. The van der Waals surface area contributed by atoms with E-state index in [1.807, 2.05) is 32.4 Å². The van der Waals surface area contributed by atoms with Crippen molar-refractivity contribution in [2.45, 2.75) is 6.54 Å². The van der Waals surface area contributed by atoms with E-state index in [0.717, 1.165) is 17.9 Å². The highest BCUT2D eigenvalue weighted by atomic mass is 15.1. The number of aromatic amines is 1. The van der Waals surface area contributed by atoms with Crippen LogP contribution in [0.5, 0.6) is 0 Å². The maximum absolute atomic E-state index is 3.99. The SMILES string of the molecule is CN(C)c1ccccc1NCc1cnc[nH]1. The fourth-order valence-corrected chi connectivity index (χ4v) is 1.58. The molecule has 1 heterocycles.